The van der Waals surface area contributed by atoms with Gasteiger partial charge in [0.25, 0.3) is 0 Å². The summed E-state index contributed by atoms with van der Waals surface area (Å²) in [5, 5.41) is 8.82. The third-order valence-corrected chi connectivity index (χ3v) is 3.56. The smallest absolute Gasteiger partial charge is 0.338 e. The van der Waals surface area contributed by atoms with Gasteiger partial charge in [0.05, 0.1) is 5.56 Å². The Hall–Kier alpha value is -1.88. The number of halogens is 2. The van der Waals surface area contributed by atoms with E-state index in [4.69, 9.17) is 5.11 Å². The molecule has 0 spiro atoms. The van der Waals surface area contributed by atoms with Gasteiger partial charge in [-0.1, -0.05) is 6.07 Å². The van der Waals surface area contributed by atoms with Gasteiger partial charge in [0.15, 0.2) is 0 Å². The molecule has 0 aliphatic carbocycles. The van der Waals surface area contributed by atoms with Crippen molar-refractivity contribution in [2.45, 2.75) is 10.6 Å². The maximum atomic E-state index is 13.2. The molecule has 0 bridgehead atoms. The summed E-state index contributed by atoms with van der Waals surface area (Å²) in [5.41, 5.74) is 0.366. The van der Waals surface area contributed by atoms with Crippen LogP contribution >= 0.6 is 11.8 Å². The fourth-order valence-electron chi connectivity index (χ4n) is 1.52. The molecule has 0 unspecified atom stereocenters. The molecule has 5 heteroatoms. The highest BCUT2D eigenvalue weighted by Crippen LogP contribution is 2.24. The summed E-state index contributed by atoms with van der Waals surface area (Å²) in [4.78, 5) is 11.7. The number of carbonyl (C=O) groups is 1. The van der Waals surface area contributed by atoms with Gasteiger partial charge in [0.1, 0.15) is 11.6 Å². The topological polar surface area (TPSA) is 37.3 Å². The lowest BCUT2D eigenvalue weighted by Gasteiger charge is -2.04. The number of aromatic carboxylic acids is 1. The van der Waals surface area contributed by atoms with Crippen LogP contribution in [0.15, 0.2) is 47.4 Å². The van der Waals surface area contributed by atoms with E-state index in [9.17, 15) is 13.6 Å². The molecule has 0 amide bonds. The minimum atomic E-state index is -1.29. The lowest BCUT2D eigenvalue weighted by Crippen LogP contribution is -2.01. The van der Waals surface area contributed by atoms with Crippen molar-refractivity contribution < 1.29 is 18.7 Å². The number of hydrogen-bond acceptors (Lipinski definition) is 2. The predicted molar refractivity (Wildman–Crippen MR) is 69.3 cm³/mol. The zero-order valence-electron chi connectivity index (χ0n) is 9.77. The number of carboxylic acids is 1. The van der Waals surface area contributed by atoms with E-state index in [-0.39, 0.29) is 11.4 Å². The summed E-state index contributed by atoms with van der Waals surface area (Å²) >= 11 is 1.43. The van der Waals surface area contributed by atoms with Gasteiger partial charge < -0.3 is 5.11 Å². The molecule has 0 atom stereocenters. The van der Waals surface area contributed by atoms with Crippen molar-refractivity contribution in [3.8, 4) is 0 Å². The first-order chi connectivity index (χ1) is 9.06. The fraction of sp³-hybridized carbons (Fsp3) is 0.0714. The second-order valence-electron chi connectivity index (χ2n) is 3.86. The standard InChI is InChI=1S/C14H10F2O2S/c15-10-2-4-11(5-3-10)19-8-9-1-6-13(16)12(7-9)14(17)18/h1-7H,8H2,(H,17,18). The first-order valence-electron chi connectivity index (χ1n) is 5.46. The molecule has 0 aliphatic rings. The van der Waals surface area contributed by atoms with Gasteiger partial charge in [-0.05, 0) is 42.0 Å². The van der Waals surface area contributed by atoms with Gasteiger partial charge in [0.2, 0.25) is 0 Å². The van der Waals surface area contributed by atoms with Crippen LogP contribution in [-0.4, -0.2) is 11.1 Å². The molecule has 2 rings (SSSR count). The molecule has 0 aliphatic heterocycles. The molecular formula is C14H10F2O2S. The van der Waals surface area contributed by atoms with Gasteiger partial charge in [-0.3, -0.25) is 0 Å². The summed E-state index contributed by atoms with van der Waals surface area (Å²) in [5.74, 6) is -1.85. The average molecular weight is 280 g/mol. The van der Waals surface area contributed by atoms with Crippen LogP contribution in [0.1, 0.15) is 15.9 Å². The SMILES string of the molecule is O=C(O)c1cc(CSc2ccc(F)cc2)ccc1F. The van der Waals surface area contributed by atoms with Crippen LogP contribution in [0.4, 0.5) is 8.78 Å². The molecule has 0 radical (unpaired) electrons. The van der Waals surface area contributed by atoms with Crippen molar-refractivity contribution in [1.29, 1.82) is 0 Å². The highest BCUT2D eigenvalue weighted by molar-refractivity contribution is 7.98. The Morgan fingerprint density at radius 3 is 2.42 bits per heavy atom. The van der Waals surface area contributed by atoms with Crippen molar-refractivity contribution in [3.05, 3.63) is 65.2 Å². The van der Waals surface area contributed by atoms with Crippen LogP contribution in [0.2, 0.25) is 0 Å². The van der Waals surface area contributed by atoms with Crippen LogP contribution < -0.4 is 0 Å². The molecule has 0 saturated heterocycles. The molecule has 19 heavy (non-hydrogen) atoms. The number of carboxylic acid groups (broad SMARTS) is 1. The van der Waals surface area contributed by atoms with Gasteiger partial charge in [-0.25, -0.2) is 13.6 Å². The molecular weight excluding hydrogens is 270 g/mol. The molecule has 0 fully saturated rings. The Kier molecular flexibility index (Phi) is 4.16. The molecule has 0 saturated carbocycles. The van der Waals surface area contributed by atoms with E-state index in [1.54, 1.807) is 12.1 Å². The van der Waals surface area contributed by atoms with Crippen LogP contribution in [-0.2, 0) is 5.75 Å². The molecule has 0 heterocycles. The predicted octanol–water partition coefficient (Wildman–Crippen LogP) is 3.96. The van der Waals surface area contributed by atoms with Gasteiger partial charge in [0, 0.05) is 10.6 Å². The summed E-state index contributed by atoms with van der Waals surface area (Å²) in [6.07, 6.45) is 0. The normalized spacial score (nSPS) is 10.4. The second-order valence-corrected chi connectivity index (χ2v) is 4.91. The van der Waals surface area contributed by atoms with Crippen LogP contribution in [0.3, 0.4) is 0 Å². The lowest BCUT2D eigenvalue weighted by atomic mass is 10.1. The fourth-order valence-corrected chi connectivity index (χ4v) is 2.37. The van der Waals surface area contributed by atoms with E-state index < -0.39 is 11.8 Å². The van der Waals surface area contributed by atoms with Crippen LogP contribution in [0.25, 0.3) is 0 Å². The molecule has 2 nitrogen and oxygen atoms in total. The van der Waals surface area contributed by atoms with Gasteiger partial charge in [-0.2, -0.15) is 0 Å². The largest absolute Gasteiger partial charge is 0.478 e. The van der Waals surface area contributed by atoms with Gasteiger partial charge in [-0.15, -0.1) is 11.8 Å². The maximum absolute atomic E-state index is 13.2. The van der Waals surface area contributed by atoms with Crippen LogP contribution in [0, 0.1) is 11.6 Å². The van der Waals surface area contributed by atoms with E-state index >= 15 is 0 Å². The highest BCUT2D eigenvalue weighted by atomic mass is 32.2. The molecule has 98 valence electrons. The molecule has 2 aromatic carbocycles. The summed E-state index contributed by atoms with van der Waals surface area (Å²) in [6.45, 7) is 0. The maximum Gasteiger partial charge on any atom is 0.338 e. The summed E-state index contributed by atoms with van der Waals surface area (Å²) in [7, 11) is 0. The molecule has 0 aromatic heterocycles. The minimum Gasteiger partial charge on any atom is -0.478 e. The number of rotatable bonds is 4. The van der Waals surface area contributed by atoms with Crippen molar-refractivity contribution in [2.24, 2.45) is 0 Å². The van der Waals surface area contributed by atoms with E-state index in [2.05, 4.69) is 0 Å². The van der Waals surface area contributed by atoms with Crippen LogP contribution in [0.5, 0.6) is 0 Å². The van der Waals surface area contributed by atoms with Crippen molar-refractivity contribution in [2.75, 3.05) is 0 Å². The number of thioether (sulfide) groups is 1. The molecule has 1 N–H and O–H groups in total. The Morgan fingerprint density at radius 1 is 1.11 bits per heavy atom. The lowest BCUT2D eigenvalue weighted by molar-refractivity contribution is 0.0692. The third-order valence-electron chi connectivity index (χ3n) is 2.48. The second kappa shape index (κ2) is 5.84. The van der Waals surface area contributed by atoms with Crippen molar-refractivity contribution >= 4 is 17.7 Å². The third kappa shape index (κ3) is 3.54. The Morgan fingerprint density at radius 2 is 1.79 bits per heavy atom. The Labute approximate surface area is 113 Å². The van der Waals surface area contributed by atoms with Gasteiger partial charge >= 0.3 is 5.97 Å². The van der Waals surface area contributed by atoms with E-state index in [0.29, 0.717) is 11.3 Å². The Bertz CT molecular complexity index is 597. The van der Waals surface area contributed by atoms with E-state index in [0.717, 1.165) is 11.0 Å². The summed E-state index contributed by atoms with van der Waals surface area (Å²) < 4.78 is 25.9. The monoisotopic (exact) mass is 280 g/mol. The Balaban J connectivity index is 2.09. The summed E-state index contributed by atoms with van der Waals surface area (Å²) in [6, 6.07) is 9.99. The highest BCUT2D eigenvalue weighted by Gasteiger charge is 2.10. The van der Waals surface area contributed by atoms with Crippen molar-refractivity contribution in [3.63, 3.8) is 0 Å². The zero-order valence-corrected chi connectivity index (χ0v) is 10.6. The van der Waals surface area contributed by atoms with Crippen molar-refractivity contribution in [1.82, 2.24) is 0 Å². The first kappa shape index (κ1) is 13.5. The zero-order chi connectivity index (χ0) is 13.8. The van der Waals surface area contributed by atoms with E-state index in [1.165, 1.54) is 36.0 Å². The minimum absolute atomic E-state index is 0.306. The number of hydrogen-bond donors (Lipinski definition) is 1. The quantitative estimate of drug-likeness (QED) is 0.861. The number of benzene rings is 2. The molecule has 2 aromatic rings. The first-order valence-corrected chi connectivity index (χ1v) is 6.45. The van der Waals surface area contributed by atoms with E-state index in [1.807, 2.05) is 0 Å². The average Bonchev–Trinajstić information content (AvgIpc) is 2.39.